The van der Waals surface area contributed by atoms with E-state index in [0.29, 0.717) is 24.5 Å². The Balaban J connectivity index is 1.40. The number of aromatic amines is 2. The van der Waals surface area contributed by atoms with Gasteiger partial charge in [-0.3, -0.25) is 9.89 Å². The molecule has 2 N–H and O–H groups in total. The lowest BCUT2D eigenvalue weighted by Gasteiger charge is -2.16. The fraction of sp³-hybridized carbons (Fsp3) is 0.143. The van der Waals surface area contributed by atoms with Crippen LogP contribution in [0.15, 0.2) is 64.0 Å². The summed E-state index contributed by atoms with van der Waals surface area (Å²) in [6, 6.07) is 7.50. The predicted molar refractivity (Wildman–Crippen MR) is 122 cm³/mol. The van der Waals surface area contributed by atoms with Crippen LogP contribution >= 0.6 is 11.3 Å². The number of fused-ring (bicyclic) bond motifs is 1. The highest BCUT2D eigenvalue weighted by atomic mass is 32.1. The zero-order valence-corrected chi connectivity index (χ0v) is 17.8. The number of aromatic nitrogens is 7. The molecule has 0 fully saturated rings. The smallest absolute Gasteiger partial charge is 0.324 e. The molecule has 0 atom stereocenters. The Morgan fingerprint density at radius 2 is 2.09 bits per heavy atom. The second kappa shape index (κ2) is 8.19. The van der Waals surface area contributed by atoms with E-state index in [9.17, 15) is 9.59 Å². The SMILES string of the molecule is CN(c1csc(Cc2cnc(=O)[nH]c2)n1)c1ccnn(Cc2cccc3[nH]ncc23)c1=O. The summed E-state index contributed by atoms with van der Waals surface area (Å²) in [7, 11) is 1.80. The molecule has 0 unspecified atom stereocenters. The van der Waals surface area contributed by atoms with Gasteiger partial charge >= 0.3 is 5.69 Å². The van der Waals surface area contributed by atoms with E-state index in [1.807, 2.05) is 23.6 Å². The minimum atomic E-state index is -0.383. The van der Waals surface area contributed by atoms with Gasteiger partial charge in [0.25, 0.3) is 5.56 Å². The highest BCUT2D eigenvalue weighted by Gasteiger charge is 2.15. The molecule has 11 heteroatoms. The first kappa shape index (κ1) is 19.8. The fourth-order valence-corrected chi connectivity index (χ4v) is 4.29. The highest BCUT2D eigenvalue weighted by Crippen LogP contribution is 2.24. The van der Waals surface area contributed by atoms with Crippen molar-refractivity contribution in [3.8, 4) is 0 Å². The third kappa shape index (κ3) is 3.81. The van der Waals surface area contributed by atoms with Crippen LogP contribution in [0.4, 0.5) is 11.5 Å². The highest BCUT2D eigenvalue weighted by molar-refractivity contribution is 7.10. The number of hydrogen-bond acceptors (Lipinski definition) is 8. The lowest BCUT2D eigenvalue weighted by atomic mass is 10.1. The summed E-state index contributed by atoms with van der Waals surface area (Å²) in [5.41, 5.74) is 2.60. The number of rotatable bonds is 6. The molecule has 4 aromatic heterocycles. The van der Waals surface area contributed by atoms with E-state index in [-0.39, 0.29) is 11.2 Å². The Hall–Kier alpha value is -4.12. The Morgan fingerprint density at radius 3 is 2.94 bits per heavy atom. The number of nitrogens with zero attached hydrogens (tertiary/aromatic N) is 6. The van der Waals surface area contributed by atoms with Gasteiger partial charge in [0.05, 0.1) is 23.3 Å². The van der Waals surface area contributed by atoms with Gasteiger partial charge in [-0.15, -0.1) is 11.3 Å². The first-order chi connectivity index (χ1) is 15.6. The number of nitrogens with one attached hydrogen (secondary N) is 2. The number of benzene rings is 1. The maximum Gasteiger partial charge on any atom is 0.344 e. The van der Waals surface area contributed by atoms with Crippen LogP contribution in [0.2, 0.25) is 0 Å². The minimum Gasteiger partial charge on any atom is -0.324 e. The van der Waals surface area contributed by atoms with E-state index in [1.54, 1.807) is 36.6 Å². The third-order valence-electron chi connectivity index (χ3n) is 5.12. The first-order valence-electron chi connectivity index (χ1n) is 9.77. The predicted octanol–water partition coefficient (Wildman–Crippen LogP) is 2.07. The van der Waals surface area contributed by atoms with Gasteiger partial charge in [-0.05, 0) is 23.3 Å². The van der Waals surface area contributed by atoms with E-state index in [1.165, 1.54) is 22.2 Å². The van der Waals surface area contributed by atoms with Crippen LogP contribution in [0.1, 0.15) is 16.1 Å². The number of anilines is 2. The standard InChI is InChI=1S/C21H18N8O2S/c1-28(18-12-32-19(26-18)7-13-8-22-21(31)23-9-13)17-5-6-25-29(20(17)30)11-14-3-2-4-16-15(14)10-24-27-16/h2-6,8-10,12H,7,11H2,1H3,(H,24,27)(H,22,23,31). The molecule has 1 aromatic carbocycles. The van der Waals surface area contributed by atoms with Gasteiger partial charge < -0.3 is 9.88 Å². The molecule has 0 saturated carbocycles. The van der Waals surface area contributed by atoms with Crippen molar-refractivity contribution < 1.29 is 0 Å². The second-order valence-electron chi connectivity index (χ2n) is 7.19. The minimum absolute atomic E-state index is 0.213. The van der Waals surface area contributed by atoms with E-state index in [2.05, 4.69) is 30.2 Å². The normalized spacial score (nSPS) is 11.2. The largest absolute Gasteiger partial charge is 0.344 e. The summed E-state index contributed by atoms with van der Waals surface area (Å²) in [6.07, 6.45) is 7.06. The molecule has 0 saturated heterocycles. The summed E-state index contributed by atoms with van der Waals surface area (Å²) in [5.74, 6) is 0.661. The zero-order valence-electron chi connectivity index (χ0n) is 17.0. The van der Waals surface area contributed by atoms with Gasteiger partial charge in [-0.25, -0.2) is 19.4 Å². The van der Waals surface area contributed by atoms with Gasteiger partial charge in [-0.2, -0.15) is 10.2 Å². The monoisotopic (exact) mass is 446 g/mol. The van der Waals surface area contributed by atoms with Gasteiger partial charge in [0.2, 0.25) is 0 Å². The molecule has 0 bridgehead atoms. The fourth-order valence-electron chi connectivity index (χ4n) is 3.44. The van der Waals surface area contributed by atoms with Crippen molar-refractivity contribution >= 4 is 33.7 Å². The van der Waals surface area contributed by atoms with Crippen LogP contribution in [0.3, 0.4) is 0 Å². The summed E-state index contributed by atoms with van der Waals surface area (Å²) < 4.78 is 1.44. The van der Waals surface area contributed by atoms with Crippen LogP contribution in [0.5, 0.6) is 0 Å². The lowest BCUT2D eigenvalue weighted by molar-refractivity contribution is 0.641. The Bertz CT molecular complexity index is 1500. The molecule has 5 aromatic rings. The lowest BCUT2D eigenvalue weighted by Crippen LogP contribution is -2.29. The van der Waals surface area contributed by atoms with Crippen LogP contribution in [-0.4, -0.2) is 42.0 Å². The maximum absolute atomic E-state index is 13.2. The molecule has 0 radical (unpaired) electrons. The Morgan fingerprint density at radius 1 is 1.19 bits per heavy atom. The molecule has 0 aliphatic carbocycles. The van der Waals surface area contributed by atoms with Gasteiger partial charge in [0, 0.05) is 42.8 Å². The molecule has 32 heavy (non-hydrogen) atoms. The number of thiazole rings is 1. The Kier molecular flexibility index (Phi) is 5.07. The van der Waals surface area contributed by atoms with E-state index in [0.717, 1.165) is 27.0 Å². The second-order valence-corrected chi connectivity index (χ2v) is 8.13. The summed E-state index contributed by atoms with van der Waals surface area (Å²) in [5, 5.41) is 15.0. The maximum atomic E-state index is 13.2. The molecule has 0 aliphatic rings. The summed E-state index contributed by atoms with van der Waals surface area (Å²) in [6.45, 7) is 0.332. The Labute approximate surface area is 185 Å². The van der Waals surface area contributed by atoms with Crippen molar-refractivity contribution in [2.24, 2.45) is 0 Å². The van der Waals surface area contributed by atoms with Crippen LogP contribution < -0.4 is 16.1 Å². The first-order valence-corrected chi connectivity index (χ1v) is 10.7. The van der Waals surface area contributed by atoms with Crippen molar-refractivity contribution in [1.82, 2.24) is 34.9 Å². The van der Waals surface area contributed by atoms with Gasteiger partial charge in [0.15, 0.2) is 0 Å². The van der Waals surface area contributed by atoms with E-state index >= 15 is 0 Å². The van der Waals surface area contributed by atoms with Gasteiger partial charge in [0.1, 0.15) is 11.5 Å². The average molecular weight is 446 g/mol. The van der Waals surface area contributed by atoms with Gasteiger partial charge in [-0.1, -0.05) is 12.1 Å². The van der Waals surface area contributed by atoms with Crippen molar-refractivity contribution in [2.75, 3.05) is 11.9 Å². The molecule has 4 heterocycles. The quantitative estimate of drug-likeness (QED) is 0.409. The molecule has 5 rings (SSSR count). The van der Waals surface area contributed by atoms with Crippen molar-refractivity contribution in [3.05, 3.63) is 91.4 Å². The van der Waals surface area contributed by atoms with Crippen molar-refractivity contribution in [1.29, 1.82) is 0 Å². The summed E-state index contributed by atoms with van der Waals surface area (Å²) in [4.78, 5) is 37.0. The molecular weight excluding hydrogens is 428 g/mol. The van der Waals surface area contributed by atoms with Crippen LogP contribution in [0.25, 0.3) is 10.9 Å². The van der Waals surface area contributed by atoms with Crippen molar-refractivity contribution in [3.63, 3.8) is 0 Å². The van der Waals surface area contributed by atoms with E-state index < -0.39 is 0 Å². The topological polar surface area (TPSA) is 125 Å². The third-order valence-corrected chi connectivity index (χ3v) is 5.95. The number of H-pyrrole nitrogens is 2. The molecular formula is C21H18N8O2S. The molecule has 10 nitrogen and oxygen atoms in total. The molecule has 0 amide bonds. The number of hydrogen-bond donors (Lipinski definition) is 2. The average Bonchev–Trinajstić information content (AvgIpc) is 3.46. The van der Waals surface area contributed by atoms with Crippen LogP contribution in [0, 0.1) is 0 Å². The van der Waals surface area contributed by atoms with E-state index in [4.69, 9.17) is 0 Å². The molecule has 160 valence electrons. The zero-order chi connectivity index (χ0) is 22.1. The molecule has 0 aliphatic heterocycles. The van der Waals surface area contributed by atoms with Crippen LogP contribution in [-0.2, 0) is 13.0 Å². The van der Waals surface area contributed by atoms with Crippen molar-refractivity contribution in [2.45, 2.75) is 13.0 Å². The molecule has 0 spiro atoms. The summed E-state index contributed by atoms with van der Waals surface area (Å²) >= 11 is 1.48.